The molecule has 0 aliphatic rings. The molecule has 2 aromatic heterocycles. The van der Waals surface area contributed by atoms with Crippen molar-refractivity contribution >= 4 is 29.5 Å². The number of rotatable bonds is 4. The fourth-order valence-corrected chi connectivity index (χ4v) is 2.55. The first-order valence-electron chi connectivity index (χ1n) is 6.46. The van der Waals surface area contributed by atoms with Gasteiger partial charge in [-0.15, -0.1) is 10.2 Å². The largest absolute Gasteiger partial charge is 0.444 e. The number of anilines is 2. The Kier molecular flexibility index (Phi) is 4.42. The van der Waals surface area contributed by atoms with Crippen LogP contribution in [-0.4, -0.2) is 26.9 Å². The minimum absolute atomic E-state index is 0.145. The van der Waals surface area contributed by atoms with Gasteiger partial charge in [0.25, 0.3) is 0 Å². The number of thioether (sulfide) groups is 1. The smallest absolute Gasteiger partial charge is 0.249 e. The standard InChI is InChI=1S/C13H16N6O2S/c1-6-8(3)21-11(9(6)5-14)16-10(20)7(2)19-12(15)17-18-13(19)22-4/h7H,1-4H3,(H2,15,17)(H,16,20). The quantitative estimate of drug-likeness (QED) is 0.824. The molecule has 9 heteroatoms. The summed E-state index contributed by atoms with van der Waals surface area (Å²) in [5.74, 6) is 0.520. The highest BCUT2D eigenvalue weighted by molar-refractivity contribution is 7.98. The van der Waals surface area contributed by atoms with Gasteiger partial charge in [0.05, 0.1) is 0 Å². The first kappa shape index (κ1) is 15.9. The van der Waals surface area contributed by atoms with Crippen molar-refractivity contribution in [2.24, 2.45) is 0 Å². The van der Waals surface area contributed by atoms with E-state index in [1.807, 2.05) is 12.3 Å². The van der Waals surface area contributed by atoms with Crippen molar-refractivity contribution in [3.05, 3.63) is 16.9 Å². The van der Waals surface area contributed by atoms with Crippen molar-refractivity contribution < 1.29 is 9.21 Å². The molecule has 1 atom stereocenters. The van der Waals surface area contributed by atoms with Crippen molar-refractivity contribution in [2.75, 3.05) is 17.3 Å². The van der Waals surface area contributed by atoms with E-state index >= 15 is 0 Å². The summed E-state index contributed by atoms with van der Waals surface area (Å²) in [6.07, 6.45) is 1.82. The van der Waals surface area contributed by atoms with E-state index in [4.69, 9.17) is 15.4 Å². The Morgan fingerprint density at radius 3 is 2.77 bits per heavy atom. The summed E-state index contributed by atoms with van der Waals surface area (Å²) in [4.78, 5) is 12.4. The molecule has 0 aromatic carbocycles. The molecule has 116 valence electrons. The first-order valence-corrected chi connectivity index (χ1v) is 7.68. The number of carbonyl (C=O) groups excluding carboxylic acids is 1. The number of aryl methyl sites for hydroxylation is 1. The molecule has 0 aliphatic heterocycles. The third kappa shape index (κ3) is 2.65. The summed E-state index contributed by atoms with van der Waals surface area (Å²) in [7, 11) is 0. The third-order valence-corrected chi connectivity index (χ3v) is 4.02. The molecule has 0 bridgehead atoms. The third-order valence-electron chi connectivity index (χ3n) is 3.37. The van der Waals surface area contributed by atoms with Crippen LogP contribution in [-0.2, 0) is 4.79 Å². The van der Waals surface area contributed by atoms with Crippen LogP contribution >= 0.6 is 11.8 Å². The Hall–Kier alpha value is -2.47. The van der Waals surface area contributed by atoms with Crippen LogP contribution in [0.3, 0.4) is 0 Å². The highest BCUT2D eigenvalue weighted by Crippen LogP contribution is 2.27. The molecule has 8 nitrogen and oxygen atoms in total. The summed E-state index contributed by atoms with van der Waals surface area (Å²) < 4.78 is 6.95. The van der Waals surface area contributed by atoms with Crippen LogP contribution in [0, 0.1) is 25.2 Å². The van der Waals surface area contributed by atoms with Crippen LogP contribution in [0.25, 0.3) is 0 Å². The molecule has 22 heavy (non-hydrogen) atoms. The van der Waals surface area contributed by atoms with E-state index in [9.17, 15) is 4.79 Å². The molecule has 3 N–H and O–H groups in total. The van der Waals surface area contributed by atoms with Crippen LogP contribution in [0.4, 0.5) is 11.8 Å². The summed E-state index contributed by atoms with van der Waals surface area (Å²) in [5, 5.41) is 20.0. The molecule has 0 saturated carbocycles. The zero-order valence-corrected chi connectivity index (χ0v) is 13.5. The minimum atomic E-state index is -0.644. The van der Waals surface area contributed by atoms with Gasteiger partial charge in [-0.3, -0.25) is 14.7 Å². The van der Waals surface area contributed by atoms with Gasteiger partial charge in [0.15, 0.2) is 5.16 Å². The molecule has 2 rings (SSSR count). The molecule has 2 aromatic rings. The van der Waals surface area contributed by atoms with Gasteiger partial charge in [-0.25, -0.2) is 0 Å². The maximum atomic E-state index is 12.4. The Morgan fingerprint density at radius 1 is 1.50 bits per heavy atom. The molecule has 0 aliphatic carbocycles. The predicted molar refractivity (Wildman–Crippen MR) is 82.5 cm³/mol. The maximum absolute atomic E-state index is 12.4. The zero-order valence-electron chi connectivity index (χ0n) is 12.7. The lowest BCUT2D eigenvalue weighted by Gasteiger charge is -2.15. The second kappa shape index (κ2) is 6.11. The lowest BCUT2D eigenvalue weighted by Crippen LogP contribution is -2.25. The predicted octanol–water partition coefficient (Wildman–Crippen LogP) is 1.86. The topological polar surface area (TPSA) is 123 Å². The normalized spacial score (nSPS) is 12.0. The Balaban J connectivity index is 2.28. The Bertz CT molecular complexity index is 757. The van der Waals surface area contributed by atoms with Crippen LogP contribution in [0.15, 0.2) is 9.57 Å². The lowest BCUT2D eigenvalue weighted by molar-refractivity contribution is -0.119. The van der Waals surface area contributed by atoms with Crippen molar-refractivity contribution in [3.63, 3.8) is 0 Å². The van der Waals surface area contributed by atoms with Gasteiger partial charge in [-0.1, -0.05) is 11.8 Å². The number of aromatic nitrogens is 3. The number of hydrogen-bond donors (Lipinski definition) is 2. The first-order chi connectivity index (χ1) is 10.4. The number of hydrogen-bond acceptors (Lipinski definition) is 7. The Morgan fingerprint density at radius 2 is 2.18 bits per heavy atom. The molecule has 1 amide bonds. The lowest BCUT2D eigenvalue weighted by atomic mass is 10.2. The van der Waals surface area contributed by atoms with Crippen molar-refractivity contribution in [2.45, 2.75) is 32.0 Å². The maximum Gasteiger partial charge on any atom is 0.249 e. The number of nitrogen functional groups attached to an aromatic ring is 1. The summed E-state index contributed by atoms with van der Waals surface area (Å²) in [5.41, 5.74) is 6.78. The van der Waals surface area contributed by atoms with E-state index in [0.29, 0.717) is 22.0 Å². The number of amides is 1. The molecule has 0 radical (unpaired) electrons. The second-order valence-corrected chi connectivity index (χ2v) is 5.45. The van der Waals surface area contributed by atoms with Crippen molar-refractivity contribution in [1.29, 1.82) is 5.26 Å². The molecule has 1 unspecified atom stereocenters. The second-order valence-electron chi connectivity index (χ2n) is 4.68. The van der Waals surface area contributed by atoms with Gasteiger partial charge in [0, 0.05) is 5.56 Å². The van der Waals surface area contributed by atoms with E-state index in [2.05, 4.69) is 15.5 Å². The number of furan rings is 1. The highest BCUT2D eigenvalue weighted by atomic mass is 32.2. The monoisotopic (exact) mass is 320 g/mol. The van der Waals surface area contributed by atoms with E-state index in [1.54, 1.807) is 20.8 Å². The molecule has 0 saturated heterocycles. The average molecular weight is 320 g/mol. The van der Waals surface area contributed by atoms with E-state index in [1.165, 1.54) is 16.3 Å². The van der Waals surface area contributed by atoms with Crippen molar-refractivity contribution in [3.8, 4) is 6.07 Å². The van der Waals surface area contributed by atoms with Gasteiger partial charge in [0.1, 0.15) is 23.4 Å². The minimum Gasteiger partial charge on any atom is -0.444 e. The van der Waals surface area contributed by atoms with Gasteiger partial charge in [-0.05, 0) is 27.0 Å². The van der Waals surface area contributed by atoms with E-state index < -0.39 is 6.04 Å². The fraction of sp³-hybridized carbons (Fsp3) is 0.385. The molecular formula is C13H16N6O2S. The van der Waals surface area contributed by atoms with E-state index in [-0.39, 0.29) is 17.7 Å². The number of carbonyl (C=O) groups is 1. The number of nitrogens with zero attached hydrogens (tertiary/aromatic N) is 4. The molecule has 2 heterocycles. The van der Waals surface area contributed by atoms with Crippen LogP contribution in [0.5, 0.6) is 0 Å². The molecular weight excluding hydrogens is 304 g/mol. The van der Waals surface area contributed by atoms with Gasteiger partial charge < -0.3 is 10.2 Å². The number of nitriles is 1. The zero-order chi connectivity index (χ0) is 16.4. The highest BCUT2D eigenvalue weighted by Gasteiger charge is 2.24. The molecule has 0 fully saturated rings. The summed E-state index contributed by atoms with van der Waals surface area (Å²) in [6.45, 7) is 5.17. The van der Waals surface area contributed by atoms with Crippen molar-refractivity contribution in [1.82, 2.24) is 14.8 Å². The van der Waals surface area contributed by atoms with Gasteiger partial charge in [-0.2, -0.15) is 5.26 Å². The van der Waals surface area contributed by atoms with Crippen LogP contribution < -0.4 is 11.1 Å². The Labute approximate surface area is 131 Å². The van der Waals surface area contributed by atoms with Gasteiger partial charge in [0.2, 0.25) is 17.7 Å². The summed E-state index contributed by atoms with van der Waals surface area (Å²) >= 11 is 1.34. The number of nitrogens with two attached hydrogens (primary N) is 1. The van der Waals surface area contributed by atoms with E-state index in [0.717, 1.165) is 0 Å². The summed E-state index contributed by atoms with van der Waals surface area (Å²) in [6, 6.07) is 1.39. The average Bonchev–Trinajstić information content (AvgIpc) is 2.98. The van der Waals surface area contributed by atoms with Gasteiger partial charge >= 0.3 is 0 Å². The van der Waals surface area contributed by atoms with Crippen LogP contribution in [0.2, 0.25) is 0 Å². The van der Waals surface area contributed by atoms with Crippen LogP contribution in [0.1, 0.15) is 29.9 Å². The SMILES string of the molecule is CSc1nnc(N)n1C(C)C(=O)Nc1oc(C)c(C)c1C#N. The fourth-order valence-electron chi connectivity index (χ4n) is 1.97. The number of nitrogens with one attached hydrogen (secondary N) is 1. The molecule has 0 spiro atoms.